The van der Waals surface area contributed by atoms with Gasteiger partial charge in [-0.15, -0.1) is 0 Å². The van der Waals surface area contributed by atoms with E-state index in [-0.39, 0.29) is 21.7 Å². The zero-order chi connectivity index (χ0) is 23.7. The van der Waals surface area contributed by atoms with Crippen molar-refractivity contribution in [1.29, 1.82) is 0 Å². The third-order valence-corrected chi connectivity index (χ3v) is 6.50. The molecule has 0 N–H and O–H groups in total. The zero-order valence-corrected chi connectivity index (χ0v) is 19.3. The van der Waals surface area contributed by atoms with Crippen molar-refractivity contribution in [2.45, 2.75) is 25.3 Å². The normalized spacial score (nSPS) is 20.8. The van der Waals surface area contributed by atoms with Gasteiger partial charge in [0.05, 0.1) is 28.8 Å². The molecular formula is C24H19Cl2N3O5. The molecule has 5 rings (SSSR count). The molecule has 0 saturated heterocycles. The van der Waals surface area contributed by atoms with Crippen LogP contribution in [0.4, 0.5) is 0 Å². The van der Waals surface area contributed by atoms with Crippen LogP contribution >= 0.6 is 23.2 Å². The summed E-state index contributed by atoms with van der Waals surface area (Å²) in [5.74, 6) is 0.0943. The third-order valence-electron chi connectivity index (χ3n) is 5.81. The van der Waals surface area contributed by atoms with Crippen LogP contribution in [-0.4, -0.2) is 34.2 Å². The van der Waals surface area contributed by atoms with E-state index in [0.29, 0.717) is 5.76 Å². The van der Waals surface area contributed by atoms with Crippen molar-refractivity contribution in [3.8, 4) is 0 Å². The maximum Gasteiger partial charge on any atom is 0.340 e. The number of halogens is 2. The van der Waals surface area contributed by atoms with E-state index in [1.807, 2.05) is 24.3 Å². The molecule has 0 radical (unpaired) electrons. The first-order valence-corrected chi connectivity index (χ1v) is 11.4. The standard InChI is InChI=1S/C24H19Cl2N3O5/c25-18-11-15(12-27-23(18)26)24(31)34-13-20(30)29-22(19-7-3-9-33-19)17-6-1-4-14(21(17)28-29)10-16-5-2-8-32-16/h2-3,5,7-12,17,22H,1,4,6,13H2. The molecule has 0 aromatic carbocycles. The fraction of sp³-hybridized carbons (Fsp3) is 0.250. The number of esters is 1. The number of furan rings is 2. The van der Waals surface area contributed by atoms with Gasteiger partial charge in [0.1, 0.15) is 22.7 Å². The largest absolute Gasteiger partial charge is 0.467 e. The number of ether oxygens (including phenoxy) is 1. The number of allylic oxidation sites excluding steroid dienone is 1. The molecule has 2 unspecified atom stereocenters. The number of carbonyl (C=O) groups excluding carboxylic acids is 2. The number of hydrogen-bond donors (Lipinski definition) is 0. The van der Waals surface area contributed by atoms with Crippen LogP contribution in [0.2, 0.25) is 10.2 Å². The number of hydrogen-bond acceptors (Lipinski definition) is 7. The van der Waals surface area contributed by atoms with Gasteiger partial charge in [0.25, 0.3) is 5.91 Å². The van der Waals surface area contributed by atoms with E-state index in [1.54, 1.807) is 18.6 Å². The highest BCUT2D eigenvalue weighted by Crippen LogP contribution is 2.44. The first-order valence-electron chi connectivity index (χ1n) is 10.7. The zero-order valence-electron chi connectivity index (χ0n) is 17.8. The summed E-state index contributed by atoms with van der Waals surface area (Å²) in [5, 5.41) is 6.23. The van der Waals surface area contributed by atoms with Crippen molar-refractivity contribution in [3.05, 3.63) is 81.9 Å². The Bertz CT molecular complexity index is 1270. The summed E-state index contributed by atoms with van der Waals surface area (Å²) in [5.41, 5.74) is 1.92. The second-order valence-corrected chi connectivity index (χ2v) is 8.71. The molecule has 1 aliphatic carbocycles. The first kappa shape index (κ1) is 22.4. The summed E-state index contributed by atoms with van der Waals surface area (Å²) in [6.45, 7) is -0.503. The van der Waals surface area contributed by atoms with Crippen molar-refractivity contribution >= 4 is 46.9 Å². The van der Waals surface area contributed by atoms with Gasteiger partial charge in [-0.3, -0.25) is 4.79 Å². The molecule has 1 amide bonds. The molecule has 0 bridgehead atoms. The van der Waals surface area contributed by atoms with Crippen molar-refractivity contribution in [3.63, 3.8) is 0 Å². The SMILES string of the molecule is O=C(OCC(=O)N1N=C2C(=Cc3ccco3)CCCC2C1c1ccco1)c1cnc(Cl)c(Cl)c1. The maximum atomic E-state index is 13.2. The number of pyridine rings is 1. The summed E-state index contributed by atoms with van der Waals surface area (Å²) in [6, 6.07) is 8.20. The van der Waals surface area contributed by atoms with Crippen LogP contribution in [0.1, 0.15) is 47.2 Å². The molecule has 1 fully saturated rings. The van der Waals surface area contributed by atoms with Gasteiger partial charge in [-0.2, -0.15) is 5.10 Å². The van der Waals surface area contributed by atoms with Gasteiger partial charge in [0.2, 0.25) is 0 Å². The lowest BCUT2D eigenvalue weighted by molar-refractivity contribution is -0.137. The summed E-state index contributed by atoms with van der Waals surface area (Å²) in [4.78, 5) is 29.4. The maximum absolute atomic E-state index is 13.2. The molecule has 174 valence electrons. The van der Waals surface area contributed by atoms with Gasteiger partial charge >= 0.3 is 5.97 Å². The average Bonchev–Trinajstić information content (AvgIpc) is 3.60. The lowest BCUT2D eigenvalue weighted by atomic mass is 9.79. The minimum Gasteiger partial charge on any atom is -0.467 e. The molecule has 3 aromatic heterocycles. The summed E-state index contributed by atoms with van der Waals surface area (Å²) >= 11 is 11.7. The number of aromatic nitrogens is 1. The van der Waals surface area contributed by atoms with Crippen molar-refractivity contribution in [1.82, 2.24) is 9.99 Å². The molecule has 3 aromatic rings. The topological polar surface area (TPSA) is 98.1 Å². The highest BCUT2D eigenvalue weighted by atomic mass is 35.5. The predicted octanol–water partition coefficient (Wildman–Crippen LogP) is 5.55. The fourth-order valence-electron chi connectivity index (χ4n) is 4.30. The van der Waals surface area contributed by atoms with Crippen LogP contribution < -0.4 is 0 Å². The Kier molecular flexibility index (Phi) is 6.26. The number of nitrogens with zero attached hydrogens (tertiary/aromatic N) is 3. The smallest absolute Gasteiger partial charge is 0.340 e. The van der Waals surface area contributed by atoms with E-state index >= 15 is 0 Å². The number of rotatable bonds is 5. The van der Waals surface area contributed by atoms with Crippen LogP contribution in [0.25, 0.3) is 6.08 Å². The number of hydrazone groups is 1. The number of fused-ring (bicyclic) bond motifs is 1. The molecule has 34 heavy (non-hydrogen) atoms. The highest BCUT2D eigenvalue weighted by molar-refractivity contribution is 6.41. The second kappa shape index (κ2) is 9.48. The molecule has 1 saturated carbocycles. The molecule has 4 heterocycles. The van der Waals surface area contributed by atoms with Crippen molar-refractivity contribution < 1.29 is 23.2 Å². The van der Waals surface area contributed by atoms with Gasteiger partial charge in [0.15, 0.2) is 6.61 Å². The van der Waals surface area contributed by atoms with Crippen LogP contribution in [0, 0.1) is 5.92 Å². The third kappa shape index (κ3) is 4.38. The molecule has 8 nitrogen and oxygen atoms in total. The van der Waals surface area contributed by atoms with E-state index in [0.717, 1.165) is 36.3 Å². The summed E-state index contributed by atoms with van der Waals surface area (Å²) in [7, 11) is 0. The van der Waals surface area contributed by atoms with Gasteiger partial charge < -0.3 is 13.6 Å². The van der Waals surface area contributed by atoms with Crippen LogP contribution in [0.5, 0.6) is 0 Å². The quantitative estimate of drug-likeness (QED) is 0.336. The van der Waals surface area contributed by atoms with Gasteiger partial charge in [-0.05, 0) is 61.2 Å². The lowest BCUT2D eigenvalue weighted by Crippen LogP contribution is -2.34. The summed E-state index contributed by atoms with van der Waals surface area (Å²) in [6.07, 6.45) is 8.98. The Balaban J connectivity index is 1.38. The lowest BCUT2D eigenvalue weighted by Gasteiger charge is -2.27. The predicted molar refractivity (Wildman–Crippen MR) is 124 cm³/mol. The van der Waals surface area contributed by atoms with E-state index < -0.39 is 24.5 Å². The Morgan fingerprint density at radius 1 is 1.21 bits per heavy atom. The second-order valence-electron chi connectivity index (χ2n) is 7.94. The van der Waals surface area contributed by atoms with Gasteiger partial charge in [-0.1, -0.05) is 23.2 Å². The fourth-order valence-corrected chi connectivity index (χ4v) is 4.57. The van der Waals surface area contributed by atoms with E-state index in [1.165, 1.54) is 17.3 Å². The molecule has 1 aliphatic heterocycles. The van der Waals surface area contributed by atoms with E-state index in [4.69, 9.17) is 36.8 Å². The van der Waals surface area contributed by atoms with Crippen LogP contribution in [0.15, 0.2) is 68.6 Å². The monoisotopic (exact) mass is 499 g/mol. The number of carbonyl (C=O) groups is 2. The van der Waals surface area contributed by atoms with E-state index in [2.05, 4.69) is 10.1 Å². The van der Waals surface area contributed by atoms with Gasteiger partial charge in [0, 0.05) is 12.1 Å². The van der Waals surface area contributed by atoms with Crippen LogP contribution in [0.3, 0.4) is 0 Å². The van der Waals surface area contributed by atoms with E-state index in [9.17, 15) is 9.59 Å². The minimum absolute atomic E-state index is 0.0416. The minimum atomic E-state index is -0.739. The van der Waals surface area contributed by atoms with Crippen molar-refractivity contribution in [2.75, 3.05) is 6.61 Å². The first-order chi connectivity index (χ1) is 16.5. The average molecular weight is 500 g/mol. The summed E-state index contributed by atoms with van der Waals surface area (Å²) < 4.78 is 16.4. The molecule has 0 spiro atoms. The van der Waals surface area contributed by atoms with Gasteiger partial charge in [-0.25, -0.2) is 14.8 Å². The Labute approximate surface area is 204 Å². The number of amides is 1. The molecule has 2 aliphatic rings. The molecule has 10 heteroatoms. The Morgan fingerprint density at radius 3 is 2.76 bits per heavy atom. The molecule has 2 atom stereocenters. The van der Waals surface area contributed by atoms with Crippen LogP contribution in [-0.2, 0) is 9.53 Å². The Morgan fingerprint density at radius 2 is 2.03 bits per heavy atom. The van der Waals surface area contributed by atoms with Crippen molar-refractivity contribution in [2.24, 2.45) is 11.0 Å². The molecular weight excluding hydrogens is 481 g/mol. The Hall–Kier alpha value is -3.36. The highest BCUT2D eigenvalue weighted by Gasteiger charge is 2.45.